The van der Waals surface area contributed by atoms with E-state index in [1.807, 2.05) is 64.1 Å². The predicted molar refractivity (Wildman–Crippen MR) is 123 cm³/mol. The average Bonchev–Trinajstić information content (AvgIpc) is 2.76. The number of carbonyl (C=O) groups excluding carboxylic acids is 2. The van der Waals surface area contributed by atoms with Gasteiger partial charge in [0.25, 0.3) is 11.5 Å². The highest BCUT2D eigenvalue weighted by atomic mass is 16.5. The van der Waals surface area contributed by atoms with E-state index in [2.05, 4.69) is 4.98 Å². The Hall–Kier alpha value is -3.48. The summed E-state index contributed by atoms with van der Waals surface area (Å²) in [6.45, 7) is 7.94. The van der Waals surface area contributed by atoms with Crippen LogP contribution in [0.25, 0.3) is 10.9 Å². The summed E-state index contributed by atoms with van der Waals surface area (Å²) >= 11 is 0. The first kappa shape index (κ1) is 23.2. The van der Waals surface area contributed by atoms with Gasteiger partial charge in [0.05, 0.1) is 23.7 Å². The number of esters is 1. The summed E-state index contributed by atoms with van der Waals surface area (Å²) in [6, 6.07) is 15.1. The van der Waals surface area contributed by atoms with Crippen molar-refractivity contribution in [2.75, 3.05) is 6.61 Å². The summed E-state index contributed by atoms with van der Waals surface area (Å²) in [4.78, 5) is 43.7. The SMILES string of the molecule is Cc1cccc2c(=O)n(CCC(=O)OCC(=O)N(Cc3ccccc3)C(C)(C)C)cnc12. The van der Waals surface area contributed by atoms with Gasteiger partial charge in [0.1, 0.15) is 0 Å². The molecule has 1 aromatic heterocycles. The maximum Gasteiger partial charge on any atom is 0.308 e. The zero-order valence-electron chi connectivity index (χ0n) is 19.0. The van der Waals surface area contributed by atoms with Crippen molar-refractivity contribution in [3.05, 3.63) is 76.3 Å². The average molecular weight is 436 g/mol. The Balaban J connectivity index is 1.59. The Morgan fingerprint density at radius 3 is 2.47 bits per heavy atom. The van der Waals surface area contributed by atoms with Gasteiger partial charge in [0, 0.05) is 18.6 Å². The van der Waals surface area contributed by atoms with E-state index < -0.39 is 11.5 Å². The molecule has 0 fully saturated rings. The zero-order valence-corrected chi connectivity index (χ0v) is 19.0. The highest BCUT2D eigenvalue weighted by Crippen LogP contribution is 2.18. The first-order valence-electron chi connectivity index (χ1n) is 10.6. The number of aryl methyl sites for hydroxylation is 2. The van der Waals surface area contributed by atoms with Crippen molar-refractivity contribution < 1.29 is 14.3 Å². The highest BCUT2D eigenvalue weighted by molar-refractivity contribution is 5.81. The molecule has 168 valence electrons. The van der Waals surface area contributed by atoms with Gasteiger partial charge in [0.2, 0.25) is 0 Å². The fourth-order valence-corrected chi connectivity index (χ4v) is 3.47. The van der Waals surface area contributed by atoms with Gasteiger partial charge in [-0.1, -0.05) is 42.5 Å². The molecule has 0 aliphatic heterocycles. The molecule has 7 nitrogen and oxygen atoms in total. The van der Waals surface area contributed by atoms with Gasteiger partial charge in [-0.3, -0.25) is 19.0 Å². The topological polar surface area (TPSA) is 81.5 Å². The van der Waals surface area contributed by atoms with Gasteiger partial charge in [-0.25, -0.2) is 4.98 Å². The Morgan fingerprint density at radius 2 is 1.78 bits per heavy atom. The van der Waals surface area contributed by atoms with Crippen LogP contribution < -0.4 is 5.56 Å². The van der Waals surface area contributed by atoms with Crippen molar-refractivity contribution in [3.8, 4) is 0 Å². The van der Waals surface area contributed by atoms with Crippen molar-refractivity contribution in [1.82, 2.24) is 14.5 Å². The number of carbonyl (C=O) groups is 2. The second-order valence-corrected chi connectivity index (χ2v) is 8.76. The third-order valence-electron chi connectivity index (χ3n) is 5.26. The molecule has 0 saturated heterocycles. The van der Waals surface area contributed by atoms with Crippen molar-refractivity contribution in [3.63, 3.8) is 0 Å². The molecule has 0 atom stereocenters. The molecule has 32 heavy (non-hydrogen) atoms. The second-order valence-electron chi connectivity index (χ2n) is 8.76. The summed E-state index contributed by atoms with van der Waals surface area (Å²) < 4.78 is 6.61. The van der Waals surface area contributed by atoms with Gasteiger partial charge in [0.15, 0.2) is 6.61 Å². The lowest BCUT2D eigenvalue weighted by Gasteiger charge is -2.35. The van der Waals surface area contributed by atoms with Crippen LogP contribution in [0.1, 0.15) is 38.3 Å². The van der Waals surface area contributed by atoms with E-state index in [0.717, 1.165) is 11.1 Å². The van der Waals surface area contributed by atoms with Crippen molar-refractivity contribution in [2.45, 2.75) is 52.7 Å². The third-order valence-corrected chi connectivity index (χ3v) is 5.26. The zero-order chi connectivity index (χ0) is 23.3. The monoisotopic (exact) mass is 435 g/mol. The lowest BCUT2D eigenvalue weighted by Crippen LogP contribution is -2.46. The number of amides is 1. The fraction of sp³-hybridized carbons (Fsp3) is 0.360. The van der Waals surface area contributed by atoms with Crippen LogP contribution in [0.3, 0.4) is 0 Å². The van der Waals surface area contributed by atoms with Gasteiger partial charge < -0.3 is 9.64 Å². The number of fused-ring (bicyclic) bond motifs is 1. The molecule has 1 heterocycles. The highest BCUT2D eigenvalue weighted by Gasteiger charge is 2.27. The molecule has 0 unspecified atom stereocenters. The maximum absolute atomic E-state index is 12.8. The first-order chi connectivity index (χ1) is 15.2. The van der Waals surface area contributed by atoms with Crippen LogP contribution in [0.4, 0.5) is 0 Å². The Morgan fingerprint density at radius 1 is 1.06 bits per heavy atom. The molecule has 0 aliphatic carbocycles. The molecule has 1 amide bonds. The molecule has 3 aromatic rings. The minimum absolute atomic E-state index is 0.0274. The third kappa shape index (κ3) is 5.60. The number of nitrogens with zero attached hydrogens (tertiary/aromatic N) is 3. The molecular formula is C25H29N3O4. The lowest BCUT2D eigenvalue weighted by molar-refractivity contribution is -0.154. The Kier molecular flexibility index (Phi) is 7.08. The first-order valence-corrected chi connectivity index (χ1v) is 10.6. The molecule has 0 spiro atoms. The van der Waals surface area contributed by atoms with Gasteiger partial charge in [-0.05, 0) is 44.9 Å². The number of para-hydroxylation sites is 1. The fourth-order valence-electron chi connectivity index (χ4n) is 3.47. The van der Waals surface area contributed by atoms with Crippen LogP contribution in [0.5, 0.6) is 0 Å². The number of benzene rings is 2. The van der Waals surface area contributed by atoms with E-state index in [4.69, 9.17) is 4.74 Å². The smallest absolute Gasteiger partial charge is 0.308 e. The molecule has 0 saturated carbocycles. The van der Waals surface area contributed by atoms with E-state index in [9.17, 15) is 14.4 Å². The van der Waals surface area contributed by atoms with E-state index in [0.29, 0.717) is 17.4 Å². The molecule has 0 bridgehead atoms. The number of rotatable bonds is 7. The number of hydrogen-bond acceptors (Lipinski definition) is 5. The van der Waals surface area contributed by atoms with Crippen LogP contribution in [0.2, 0.25) is 0 Å². The quantitative estimate of drug-likeness (QED) is 0.531. The summed E-state index contributed by atoms with van der Waals surface area (Å²) in [5.74, 6) is -0.808. The predicted octanol–water partition coefficient (Wildman–Crippen LogP) is 3.47. The largest absolute Gasteiger partial charge is 0.456 e. The maximum atomic E-state index is 12.8. The van der Waals surface area contributed by atoms with E-state index in [1.165, 1.54) is 10.9 Å². The van der Waals surface area contributed by atoms with Crippen LogP contribution in [0.15, 0.2) is 59.7 Å². The van der Waals surface area contributed by atoms with Crippen LogP contribution in [0, 0.1) is 6.92 Å². The molecular weight excluding hydrogens is 406 g/mol. The summed E-state index contributed by atoms with van der Waals surface area (Å²) in [5, 5.41) is 0.512. The lowest BCUT2D eigenvalue weighted by atomic mass is 10.0. The van der Waals surface area contributed by atoms with E-state index in [-0.39, 0.29) is 31.0 Å². The summed E-state index contributed by atoms with van der Waals surface area (Å²) in [7, 11) is 0. The molecule has 0 radical (unpaired) electrons. The van der Waals surface area contributed by atoms with Crippen molar-refractivity contribution in [1.29, 1.82) is 0 Å². The standard InChI is InChI=1S/C25H29N3O4/c1-18-9-8-12-20-23(18)26-17-27(24(20)31)14-13-22(30)32-16-21(29)28(25(2,3)4)15-19-10-6-5-7-11-19/h5-12,17H,13-16H2,1-4H3. The molecule has 0 N–H and O–H groups in total. The summed E-state index contributed by atoms with van der Waals surface area (Å²) in [6.07, 6.45) is 1.41. The minimum atomic E-state index is -0.539. The second kappa shape index (κ2) is 9.77. The Bertz CT molecular complexity index is 1160. The molecule has 0 aliphatic rings. The molecule has 2 aromatic carbocycles. The number of aromatic nitrogens is 2. The van der Waals surface area contributed by atoms with E-state index >= 15 is 0 Å². The van der Waals surface area contributed by atoms with Crippen molar-refractivity contribution >= 4 is 22.8 Å². The van der Waals surface area contributed by atoms with Crippen LogP contribution in [-0.2, 0) is 27.4 Å². The van der Waals surface area contributed by atoms with Gasteiger partial charge >= 0.3 is 5.97 Å². The van der Waals surface area contributed by atoms with E-state index in [1.54, 1.807) is 17.0 Å². The summed E-state index contributed by atoms with van der Waals surface area (Å²) in [5.41, 5.74) is 1.94. The number of ether oxygens (including phenoxy) is 1. The molecule has 7 heteroatoms. The van der Waals surface area contributed by atoms with Crippen molar-refractivity contribution in [2.24, 2.45) is 0 Å². The number of hydrogen-bond donors (Lipinski definition) is 0. The normalized spacial score (nSPS) is 11.4. The van der Waals surface area contributed by atoms with Crippen LogP contribution >= 0.6 is 0 Å². The van der Waals surface area contributed by atoms with Gasteiger partial charge in [-0.2, -0.15) is 0 Å². The molecule has 3 rings (SSSR count). The Labute approximate surface area is 187 Å². The van der Waals surface area contributed by atoms with Gasteiger partial charge in [-0.15, -0.1) is 0 Å². The minimum Gasteiger partial charge on any atom is -0.456 e. The van der Waals surface area contributed by atoms with Crippen LogP contribution in [-0.4, -0.2) is 38.5 Å².